The van der Waals surface area contributed by atoms with E-state index in [0.717, 1.165) is 11.1 Å². The third-order valence-electron chi connectivity index (χ3n) is 3.14. The molecule has 0 aliphatic carbocycles. The van der Waals surface area contributed by atoms with Crippen LogP contribution in [0.2, 0.25) is 5.02 Å². The van der Waals surface area contributed by atoms with Crippen LogP contribution >= 0.6 is 34.2 Å². The van der Waals surface area contributed by atoms with E-state index in [1.807, 2.05) is 59.0 Å². The van der Waals surface area contributed by atoms with Gasteiger partial charge in [0.05, 0.1) is 9.26 Å². The number of halogens is 2. The first-order valence-electron chi connectivity index (χ1n) is 6.34. The predicted molar refractivity (Wildman–Crippen MR) is 97.0 cm³/mol. The molecule has 0 radical (unpaired) electrons. The van der Waals surface area contributed by atoms with Gasteiger partial charge in [0.15, 0.2) is 0 Å². The Bertz CT molecular complexity index is 845. The molecule has 0 aliphatic heterocycles. The van der Waals surface area contributed by atoms with E-state index in [1.165, 1.54) is 5.39 Å². The lowest BCUT2D eigenvalue weighted by molar-refractivity contribution is 0.470. The first-order chi connectivity index (χ1) is 10.1. The summed E-state index contributed by atoms with van der Waals surface area (Å²) in [5.41, 5.74) is 1.45. The summed E-state index contributed by atoms with van der Waals surface area (Å²) in [6.45, 7) is 0. The average molecular weight is 408 g/mol. The van der Waals surface area contributed by atoms with Crippen LogP contribution in [0.1, 0.15) is 5.56 Å². The molecule has 3 rings (SSSR count). The Morgan fingerprint density at radius 3 is 2.57 bits per heavy atom. The Kier molecular flexibility index (Phi) is 4.12. The van der Waals surface area contributed by atoms with Crippen LogP contribution in [0.25, 0.3) is 10.8 Å². The van der Waals surface area contributed by atoms with Gasteiger partial charge in [-0.05, 0) is 57.6 Å². The summed E-state index contributed by atoms with van der Waals surface area (Å²) < 4.78 is 0.708. The standard InChI is InChI=1S/C17H11ClINO/c18-14-7-13(17(21)16(19)9-14)10-20-15-6-5-11-3-1-2-4-12(11)8-15/h1-10,21H. The number of fused-ring (bicyclic) bond motifs is 1. The summed E-state index contributed by atoms with van der Waals surface area (Å²) in [6, 6.07) is 17.5. The van der Waals surface area contributed by atoms with Crippen LogP contribution in [0.3, 0.4) is 0 Å². The Labute approximate surface area is 141 Å². The fraction of sp³-hybridized carbons (Fsp3) is 0. The fourth-order valence-corrected chi connectivity index (χ4v) is 3.14. The molecule has 0 spiro atoms. The van der Waals surface area contributed by atoms with E-state index in [2.05, 4.69) is 11.1 Å². The predicted octanol–water partition coefficient (Wildman–Crippen LogP) is 5.55. The van der Waals surface area contributed by atoms with Crippen LogP contribution in [0.15, 0.2) is 59.6 Å². The molecule has 0 fully saturated rings. The zero-order chi connectivity index (χ0) is 14.8. The van der Waals surface area contributed by atoms with Gasteiger partial charge in [-0.1, -0.05) is 41.9 Å². The zero-order valence-electron chi connectivity index (χ0n) is 10.9. The number of nitrogens with zero attached hydrogens (tertiary/aromatic N) is 1. The molecule has 0 unspecified atom stereocenters. The Hall–Kier alpha value is -1.59. The highest BCUT2D eigenvalue weighted by atomic mass is 127. The molecular formula is C17H11ClINO. The summed E-state index contributed by atoms with van der Waals surface area (Å²) in [4.78, 5) is 4.42. The van der Waals surface area contributed by atoms with Crippen molar-refractivity contribution in [3.8, 4) is 5.75 Å². The SMILES string of the molecule is Oc1c(I)cc(Cl)cc1C=Nc1ccc2ccccc2c1. The average Bonchev–Trinajstić information content (AvgIpc) is 2.49. The Morgan fingerprint density at radius 2 is 1.76 bits per heavy atom. The topological polar surface area (TPSA) is 32.6 Å². The van der Waals surface area contributed by atoms with Crippen LogP contribution in [0, 0.1) is 3.57 Å². The monoisotopic (exact) mass is 407 g/mol. The van der Waals surface area contributed by atoms with Gasteiger partial charge in [0, 0.05) is 16.8 Å². The van der Waals surface area contributed by atoms with Gasteiger partial charge in [-0.25, -0.2) is 0 Å². The van der Waals surface area contributed by atoms with Crippen molar-refractivity contribution in [3.05, 3.63) is 68.8 Å². The first-order valence-corrected chi connectivity index (χ1v) is 7.80. The van der Waals surface area contributed by atoms with Crippen LogP contribution in [-0.2, 0) is 0 Å². The van der Waals surface area contributed by atoms with Gasteiger partial charge in [0.1, 0.15) is 5.75 Å². The van der Waals surface area contributed by atoms with Gasteiger partial charge in [-0.15, -0.1) is 0 Å². The number of aromatic hydroxyl groups is 1. The largest absolute Gasteiger partial charge is 0.506 e. The van der Waals surface area contributed by atoms with Crippen LogP contribution in [0.5, 0.6) is 5.75 Å². The zero-order valence-corrected chi connectivity index (χ0v) is 13.8. The molecule has 2 nitrogen and oxygen atoms in total. The Morgan fingerprint density at radius 1 is 1.00 bits per heavy atom. The third kappa shape index (κ3) is 3.19. The number of rotatable bonds is 2. The second-order valence-electron chi connectivity index (χ2n) is 4.62. The van der Waals surface area contributed by atoms with Crippen molar-refractivity contribution in [1.82, 2.24) is 0 Å². The molecule has 0 atom stereocenters. The van der Waals surface area contributed by atoms with E-state index in [0.29, 0.717) is 14.2 Å². The van der Waals surface area contributed by atoms with Crippen LogP contribution in [-0.4, -0.2) is 11.3 Å². The second-order valence-corrected chi connectivity index (χ2v) is 6.21. The van der Waals surface area contributed by atoms with Crippen molar-refractivity contribution in [1.29, 1.82) is 0 Å². The van der Waals surface area contributed by atoms with Crippen molar-refractivity contribution in [2.75, 3.05) is 0 Å². The lowest BCUT2D eigenvalue weighted by Gasteiger charge is -2.03. The van der Waals surface area contributed by atoms with Gasteiger partial charge in [-0.3, -0.25) is 4.99 Å². The summed E-state index contributed by atoms with van der Waals surface area (Å²) >= 11 is 8.05. The highest BCUT2D eigenvalue weighted by Gasteiger charge is 2.05. The minimum Gasteiger partial charge on any atom is -0.506 e. The van der Waals surface area contributed by atoms with Crippen LogP contribution in [0.4, 0.5) is 5.69 Å². The van der Waals surface area contributed by atoms with Gasteiger partial charge in [0.25, 0.3) is 0 Å². The van der Waals surface area contributed by atoms with Crippen molar-refractivity contribution in [2.45, 2.75) is 0 Å². The molecule has 0 amide bonds. The highest BCUT2D eigenvalue weighted by Crippen LogP contribution is 2.28. The van der Waals surface area contributed by atoms with Crippen molar-refractivity contribution < 1.29 is 5.11 Å². The molecule has 1 N–H and O–H groups in total. The maximum atomic E-state index is 10.0. The molecule has 0 aromatic heterocycles. The highest BCUT2D eigenvalue weighted by molar-refractivity contribution is 14.1. The number of benzene rings is 3. The van der Waals surface area contributed by atoms with E-state index >= 15 is 0 Å². The number of aliphatic imine (C=N–C) groups is 1. The smallest absolute Gasteiger partial charge is 0.137 e. The molecule has 3 aromatic carbocycles. The second kappa shape index (κ2) is 6.03. The van der Waals surface area contributed by atoms with Gasteiger partial charge < -0.3 is 5.11 Å². The van der Waals surface area contributed by atoms with Gasteiger partial charge in [0.2, 0.25) is 0 Å². The lowest BCUT2D eigenvalue weighted by atomic mass is 10.1. The first kappa shape index (κ1) is 14.4. The number of phenols is 1. The van der Waals surface area contributed by atoms with Gasteiger partial charge >= 0.3 is 0 Å². The fourth-order valence-electron chi connectivity index (χ4n) is 2.09. The molecule has 0 saturated heterocycles. The molecule has 4 heteroatoms. The molecule has 21 heavy (non-hydrogen) atoms. The quantitative estimate of drug-likeness (QED) is 0.438. The van der Waals surface area contributed by atoms with Crippen molar-refractivity contribution in [2.24, 2.45) is 4.99 Å². The number of hydrogen-bond donors (Lipinski definition) is 1. The van der Waals surface area contributed by atoms with E-state index in [-0.39, 0.29) is 5.75 Å². The Balaban J connectivity index is 1.98. The minimum absolute atomic E-state index is 0.199. The molecule has 0 bridgehead atoms. The summed E-state index contributed by atoms with van der Waals surface area (Å²) in [7, 11) is 0. The van der Waals surface area contributed by atoms with E-state index in [1.54, 1.807) is 18.3 Å². The maximum absolute atomic E-state index is 10.0. The third-order valence-corrected chi connectivity index (χ3v) is 4.18. The normalized spacial score (nSPS) is 11.3. The van der Waals surface area contributed by atoms with E-state index in [9.17, 15) is 5.11 Å². The maximum Gasteiger partial charge on any atom is 0.137 e. The van der Waals surface area contributed by atoms with Crippen molar-refractivity contribution in [3.63, 3.8) is 0 Å². The van der Waals surface area contributed by atoms with Crippen LogP contribution < -0.4 is 0 Å². The molecule has 0 aliphatic rings. The molecule has 3 aromatic rings. The molecule has 104 valence electrons. The van der Waals surface area contributed by atoms with E-state index in [4.69, 9.17) is 11.6 Å². The summed E-state index contributed by atoms with van der Waals surface area (Å²) in [6.07, 6.45) is 1.63. The lowest BCUT2D eigenvalue weighted by Crippen LogP contribution is -1.86. The number of phenolic OH excluding ortho intramolecular Hbond substituents is 1. The molecule has 0 saturated carbocycles. The molecule has 0 heterocycles. The van der Waals surface area contributed by atoms with E-state index < -0.39 is 0 Å². The van der Waals surface area contributed by atoms with Crippen molar-refractivity contribution >= 4 is 56.9 Å². The summed E-state index contributed by atoms with van der Waals surface area (Å²) in [5, 5.41) is 12.9. The number of hydrogen-bond acceptors (Lipinski definition) is 2. The molecular weight excluding hydrogens is 397 g/mol. The summed E-state index contributed by atoms with van der Waals surface area (Å²) in [5.74, 6) is 0.199. The van der Waals surface area contributed by atoms with Gasteiger partial charge in [-0.2, -0.15) is 0 Å². The minimum atomic E-state index is 0.199.